The molecule has 3 heterocycles. The molecule has 1 N–H and O–H groups in total. The Hall–Kier alpha value is -2.77. The van der Waals surface area contributed by atoms with Crippen LogP contribution in [-0.2, 0) is 16.0 Å². The number of aromatic nitrogens is 4. The molecule has 1 amide bonds. The molecule has 0 spiro atoms. The van der Waals surface area contributed by atoms with Gasteiger partial charge in [-0.3, -0.25) is 9.59 Å². The second-order valence-corrected chi connectivity index (χ2v) is 7.21. The van der Waals surface area contributed by atoms with E-state index in [1.54, 1.807) is 9.58 Å². The average molecular weight is 371 g/mol. The molecule has 1 unspecified atom stereocenters. The third-order valence-corrected chi connectivity index (χ3v) is 5.05. The molecular formula is C19H25N5O3. The van der Waals surface area contributed by atoms with E-state index in [1.807, 2.05) is 33.8 Å². The summed E-state index contributed by atoms with van der Waals surface area (Å²) in [6.45, 7) is 8.47. The first-order valence-electron chi connectivity index (χ1n) is 9.14. The van der Waals surface area contributed by atoms with Gasteiger partial charge in [0, 0.05) is 35.7 Å². The summed E-state index contributed by atoms with van der Waals surface area (Å²) in [6, 6.07) is 1.90. The lowest BCUT2D eigenvalue weighted by Crippen LogP contribution is -2.43. The zero-order valence-electron chi connectivity index (χ0n) is 16.2. The molecule has 144 valence electrons. The fourth-order valence-corrected chi connectivity index (χ4v) is 3.60. The van der Waals surface area contributed by atoms with E-state index in [2.05, 4.69) is 15.1 Å². The summed E-state index contributed by atoms with van der Waals surface area (Å²) in [4.78, 5) is 34.5. The summed E-state index contributed by atoms with van der Waals surface area (Å²) < 4.78 is 1.67. The summed E-state index contributed by atoms with van der Waals surface area (Å²) >= 11 is 0. The SMILES string of the molecule is Cc1cc(C)nc(-n2nc(C)c(CC(=O)N3CCCC(C(=O)O)C3)c2C)n1. The van der Waals surface area contributed by atoms with Crippen LogP contribution >= 0.6 is 0 Å². The zero-order valence-corrected chi connectivity index (χ0v) is 16.2. The molecule has 2 aromatic rings. The van der Waals surface area contributed by atoms with Gasteiger partial charge in [0.2, 0.25) is 5.91 Å². The van der Waals surface area contributed by atoms with E-state index < -0.39 is 11.9 Å². The third-order valence-electron chi connectivity index (χ3n) is 5.05. The van der Waals surface area contributed by atoms with Gasteiger partial charge < -0.3 is 10.0 Å². The largest absolute Gasteiger partial charge is 0.481 e. The molecule has 3 rings (SSSR count). The van der Waals surface area contributed by atoms with Crippen LogP contribution in [0.3, 0.4) is 0 Å². The zero-order chi connectivity index (χ0) is 19.7. The van der Waals surface area contributed by atoms with Gasteiger partial charge in [-0.1, -0.05) is 0 Å². The number of nitrogens with zero attached hydrogens (tertiary/aromatic N) is 5. The summed E-state index contributed by atoms with van der Waals surface area (Å²) in [6.07, 6.45) is 1.55. The Morgan fingerprint density at radius 1 is 1.19 bits per heavy atom. The van der Waals surface area contributed by atoms with Crippen molar-refractivity contribution in [3.63, 3.8) is 0 Å². The first-order chi connectivity index (χ1) is 12.8. The molecule has 1 atom stereocenters. The minimum atomic E-state index is -0.834. The number of carbonyl (C=O) groups is 2. The highest BCUT2D eigenvalue weighted by atomic mass is 16.4. The van der Waals surface area contributed by atoms with Gasteiger partial charge in [0.15, 0.2) is 0 Å². The quantitative estimate of drug-likeness (QED) is 0.879. The van der Waals surface area contributed by atoms with Gasteiger partial charge in [-0.25, -0.2) is 14.6 Å². The molecule has 1 aliphatic rings. The van der Waals surface area contributed by atoms with Gasteiger partial charge in [0.1, 0.15) is 0 Å². The van der Waals surface area contributed by atoms with Gasteiger partial charge in [0.25, 0.3) is 5.95 Å². The highest BCUT2D eigenvalue weighted by Crippen LogP contribution is 2.21. The van der Waals surface area contributed by atoms with Gasteiger partial charge in [0.05, 0.1) is 18.0 Å². The van der Waals surface area contributed by atoms with E-state index in [9.17, 15) is 14.7 Å². The van der Waals surface area contributed by atoms with Gasteiger partial charge >= 0.3 is 5.97 Å². The first kappa shape index (κ1) is 19.0. The molecule has 8 nitrogen and oxygen atoms in total. The summed E-state index contributed by atoms with van der Waals surface area (Å²) in [5, 5.41) is 13.8. The number of rotatable bonds is 4. The van der Waals surface area contributed by atoms with E-state index in [1.165, 1.54) is 0 Å². The smallest absolute Gasteiger partial charge is 0.308 e. The maximum absolute atomic E-state index is 12.8. The van der Waals surface area contributed by atoms with Gasteiger partial charge in [-0.15, -0.1) is 0 Å². The normalized spacial score (nSPS) is 17.2. The lowest BCUT2D eigenvalue weighted by Gasteiger charge is -2.30. The number of carbonyl (C=O) groups excluding carboxylic acids is 1. The second kappa shape index (κ2) is 7.46. The number of carboxylic acids is 1. The number of hydrogen-bond donors (Lipinski definition) is 1. The Balaban J connectivity index is 1.82. The highest BCUT2D eigenvalue weighted by Gasteiger charge is 2.29. The highest BCUT2D eigenvalue weighted by molar-refractivity contribution is 5.80. The Morgan fingerprint density at radius 2 is 1.85 bits per heavy atom. The predicted molar refractivity (Wildman–Crippen MR) is 98.7 cm³/mol. The minimum absolute atomic E-state index is 0.0620. The van der Waals surface area contributed by atoms with Crippen molar-refractivity contribution in [2.45, 2.75) is 47.0 Å². The maximum atomic E-state index is 12.8. The van der Waals surface area contributed by atoms with Crippen molar-refractivity contribution in [1.82, 2.24) is 24.6 Å². The van der Waals surface area contributed by atoms with Crippen LogP contribution in [-0.4, -0.2) is 54.7 Å². The lowest BCUT2D eigenvalue weighted by molar-refractivity contribution is -0.145. The van der Waals surface area contributed by atoms with Crippen LogP contribution in [0.25, 0.3) is 5.95 Å². The van der Waals surface area contributed by atoms with Crippen molar-refractivity contribution in [2.75, 3.05) is 13.1 Å². The fourth-order valence-electron chi connectivity index (χ4n) is 3.60. The monoisotopic (exact) mass is 371 g/mol. The molecule has 0 bridgehead atoms. The number of aliphatic carboxylic acids is 1. The maximum Gasteiger partial charge on any atom is 0.308 e. The third kappa shape index (κ3) is 3.99. The number of carboxylic acid groups (broad SMARTS) is 1. The van der Waals surface area contributed by atoms with E-state index >= 15 is 0 Å². The fraction of sp³-hybridized carbons (Fsp3) is 0.526. The van der Waals surface area contributed by atoms with Crippen molar-refractivity contribution in [3.8, 4) is 5.95 Å². The van der Waals surface area contributed by atoms with E-state index in [0.717, 1.165) is 34.8 Å². The molecule has 1 saturated heterocycles. The molecule has 1 fully saturated rings. The van der Waals surface area contributed by atoms with E-state index in [4.69, 9.17) is 0 Å². The Kier molecular flexibility index (Phi) is 5.25. The Morgan fingerprint density at radius 3 is 2.48 bits per heavy atom. The summed E-state index contributed by atoms with van der Waals surface area (Å²) in [7, 11) is 0. The van der Waals surface area contributed by atoms with Crippen LogP contribution < -0.4 is 0 Å². The van der Waals surface area contributed by atoms with Crippen molar-refractivity contribution < 1.29 is 14.7 Å². The van der Waals surface area contributed by atoms with Crippen molar-refractivity contribution in [2.24, 2.45) is 5.92 Å². The van der Waals surface area contributed by atoms with Crippen LogP contribution in [0.2, 0.25) is 0 Å². The lowest BCUT2D eigenvalue weighted by atomic mass is 9.97. The Bertz CT molecular complexity index is 869. The van der Waals surface area contributed by atoms with Crippen LogP contribution in [0, 0.1) is 33.6 Å². The molecular weight excluding hydrogens is 346 g/mol. The van der Waals surface area contributed by atoms with Gasteiger partial charge in [-0.05, 0) is 46.6 Å². The second-order valence-electron chi connectivity index (χ2n) is 7.21. The molecule has 1 aliphatic heterocycles. The number of likely N-dealkylation sites (tertiary alicyclic amines) is 1. The summed E-state index contributed by atoms with van der Waals surface area (Å²) in [5.41, 5.74) is 4.15. The number of aryl methyl sites for hydroxylation is 3. The average Bonchev–Trinajstić information content (AvgIpc) is 2.89. The van der Waals surface area contributed by atoms with Crippen molar-refractivity contribution in [3.05, 3.63) is 34.4 Å². The topological polar surface area (TPSA) is 101 Å². The van der Waals surface area contributed by atoms with Crippen LogP contribution in [0.1, 0.15) is 41.2 Å². The van der Waals surface area contributed by atoms with Gasteiger partial charge in [-0.2, -0.15) is 5.10 Å². The minimum Gasteiger partial charge on any atom is -0.481 e. The summed E-state index contributed by atoms with van der Waals surface area (Å²) in [5.74, 6) is -0.875. The Labute approximate surface area is 158 Å². The predicted octanol–water partition coefficient (Wildman–Crippen LogP) is 1.76. The van der Waals surface area contributed by atoms with Crippen LogP contribution in [0.15, 0.2) is 6.07 Å². The van der Waals surface area contributed by atoms with Crippen molar-refractivity contribution >= 4 is 11.9 Å². The molecule has 0 aliphatic carbocycles. The standard InChI is InChI=1S/C19H25N5O3/c1-11-8-12(2)21-19(20-11)24-14(4)16(13(3)22-24)9-17(25)23-7-5-6-15(10-23)18(26)27/h8,15H,5-7,9-10H2,1-4H3,(H,26,27). The number of piperidine rings is 1. The van der Waals surface area contributed by atoms with Crippen molar-refractivity contribution in [1.29, 1.82) is 0 Å². The molecule has 27 heavy (non-hydrogen) atoms. The molecule has 2 aromatic heterocycles. The molecule has 0 aromatic carbocycles. The molecule has 0 radical (unpaired) electrons. The first-order valence-corrected chi connectivity index (χ1v) is 9.14. The number of hydrogen-bond acceptors (Lipinski definition) is 5. The van der Waals surface area contributed by atoms with E-state index in [0.29, 0.717) is 18.9 Å². The van der Waals surface area contributed by atoms with Crippen LogP contribution in [0.4, 0.5) is 0 Å². The van der Waals surface area contributed by atoms with E-state index in [-0.39, 0.29) is 18.9 Å². The molecule has 0 saturated carbocycles. The number of amides is 1. The van der Waals surface area contributed by atoms with Crippen LogP contribution in [0.5, 0.6) is 0 Å². The molecule has 8 heteroatoms.